The van der Waals surface area contributed by atoms with Gasteiger partial charge in [-0.15, -0.1) is 5.10 Å². The van der Waals surface area contributed by atoms with Gasteiger partial charge in [-0.2, -0.15) is 4.98 Å². The zero-order chi connectivity index (χ0) is 12.5. The molecule has 0 radical (unpaired) electrons. The van der Waals surface area contributed by atoms with Crippen molar-refractivity contribution in [2.45, 2.75) is 6.92 Å². The van der Waals surface area contributed by atoms with E-state index >= 15 is 0 Å². The first kappa shape index (κ1) is 10.5. The minimum Gasteiger partial charge on any atom is -0.463 e. The van der Waals surface area contributed by atoms with E-state index in [1.165, 1.54) is 6.26 Å². The minimum absolute atomic E-state index is 0.253. The zero-order valence-electron chi connectivity index (χ0n) is 9.60. The molecule has 90 valence electrons. The summed E-state index contributed by atoms with van der Waals surface area (Å²) < 4.78 is 5.30. The third-order valence-electron chi connectivity index (χ3n) is 2.55. The Morgan fingerprint density at radius 2 is 2.22 bits per heavy atom. The lowest BCUT2D eigenvalue weighted by Crippen LogP contribution is -2.12. The van der Waals surface area contributed by atoms with Crippen LogP contribution >= 0.6 is 0 Å². The topological polar surface area (TPSA) is 83.8 Å². The van der Waals surface area contributed by atoms with Crippen LogP contribution in [0.4, 0.5) is 5.95 Å². The number of fused-ring (bicyclic) bond motifs is 1. The lowest BCUT2D eigenvalue weighted by molar-refractivity contribution is 0.102. The molecule has 2 aromatic heterocycles. The molecule has 0 bridgehead atoms. The van der Waals surface area contributed by atoms with Crippen molar-refractivity contribution in [1.29, 1.82) is 0 Å². The van der Waals surface area contributed by atoms with Gasteiger partial charge >= 0.3 is 0 Å². The molecule has 0 atom stereocenters. The van der Waals surface area contributed by atoms with Gasteiger partial charge in [0.15, 0.2) is 0 Å². The average molecular weight is 242 g/mol. The van der Waals surface area contributed by atoms with Gasteiger partial charge in [-0.05, 0) is 13.0 Å². The van der Waals surface area contributed by atoms with Gasteiger partial charge < -0.3 is 4.42 Å². The van der Waals surface area contributed by atoms with E-state index in [0.717, 1.165) is 5.39 Å². The van der Waals surface area contributed by atoms with Crippen LogP contribution in [0.2, 0.25) is 0 Å². The van der Waals surface area contributed by atoms with Gasteiger partial charge in [0.2, 0.25) is 5.95 Å². The van der Waals surface area contributed by atoms with Gasteiger partial charge in [-0.1, -0.05) is 18.2 Å². The molecule has 0 spiro atoms. The Balaban J connectivity index is 1.92. The van der Waals surface area contributed by atoms with Crippen molar-refractivity contribution in [3.8, 4) is 0 Å². The third-order valence-corrected chi connectivity index (χ3v) is 2.55. The molecule has 18 heavy (non-hydrogen) atoms. The number of hydrogen-bond donors (Lipinski definition) is 2. The largest absolute Gasteiger partial charge is 0.463 e. The quantitative estimate of drug-likeness (QED) is 0.720. The van der Waals surface area contributed by atoms with Crippen molar-refractivity contribution in [1.82, 2.24) is 15.2 Å². The van der Waals surface area contributed by atoms with Crippen LogP contribution in [0.25, 0.3) is 11.0 Å². The van der Waals surface area contributed by atoms with Crippen LogP contribution < -0.4 is 5.32 Å². The standard InChI is InChI=1S/C12H10N4O2/c1-7-13-12(16-15-7)14-11(17)9-6-18-10-5-3-2-4-8(9)10/h2-6H,1H3,(H2,13,14,15,16,17). The highest BCUT2D eigenvalue weighted by Crippen LogP contribution is 2.21. The van der Waals surface area contributed by atoms with E-state index in [4.69, 9.17) is 4.42 Å². The van der Waals surface area contributed by atoms with E-state index in [2.05, 4.69) is 20.5 Å². The van der Waals surface area contributed by atoms with E-state index in [-0.39, 0.29) is 11.9 Å². The Hall–Kier alpha value is -2.63. The number of nitrogens with zero attached hydrogens (tertiary/aromatic N) is 2. The highest BCUT2D eigenvalue weighted by atomic mass is 16.3. The average Bonchev–Trinajstić information content (AvgIpc) is 2.95. The van der Waals surface area contributed by atoms with Crippen LogP contribution in [-0.4, -0.2) is 21.1 Å². The summed E-state index contributed by atoms with van der Waals surface area (Å²) in [4.78, 5) is 16.0. The molecule has 0 aliphatic carbocycles. The molecule has 0 saturated carbocycles. The smallest absolute Gasteiger partial charge is 0.261 e. The minimum atomic E-state index is -0.293. The summed E-state index contributed by atoms with van der Waals surface area (Å²) in [6, 6.07) is 7.34. The fourth-order valence-electron chi connectivity index (χ4n) is 1.72. The zero-order valence-corrected chi connectivity index (χ0v) is 9.60. The summed E-state index contributed by atoms with van der Waals surface area (Å²) in [5.41, 5.74) is 1.14. The van der Waals surface area contributed by atoms with E-state index in [0.29, 0.717) is 17.0 Å². The van der Waals surface area contributed by atoms with E-state index < -0.39 is 0 Å². The van der Waals surface area contributed by atoms with Gasteiger partial charge in [0, 0.05) is 5.39 Å². The highest BCUT2D eigenvalue weighted by molar-refractivity contribution is 6.11. The number of aryl methyl sites for hydroxylation is 1. The summed E-state index contributed by atoms with van der Waals surface area (Å²) in [6.45, 7) is 1.76. The number of amides is 1. The van der Waals surface area contributed by atoms with Gasteiger partial charge in [-0.3, -0.25) is 15.2 Å². The number of carbonyl (C=O) groups excluding carboxylic acids is 1. The monoisotopic (exact) mass is 242 g/mol. The molecule has 2 N–H and O–H groups in total. The summed E-state index contributed by atoms with van der Waals surface area (Å²) >= 11 is 0. The van der Waals surface area contributed by atoms with Crippen molar-refractivity contribution < 1.29 is 9.21 Å². The number of aromatic nitrogens is 3. The highest BCUT2D eigenvalue weighted by Gasteiger charge is 2.14. The molecule has 0 aliphatic heterocycles. The van der Waals surface area contributed by atoms with Crippen LogP contribution in [0.5, 0.6) is 0 Å². The van der Waals surface area contributed by atoms with E-state index in [9.17, 15) is 4.79 Å². The fraction of sp³-hybridized carbons (Fsp3) is 0.0833. The molecule has 0 saturated heterocycles. The second-order valence-corrected chi connectivity index (χ2v) is 3.84. The Morgan fingerprint density at radius 1 is 1.39 bits per heavy atom. The molecular formula is C12H10N4O2. The van der Waals surface area contributed by atoms with Crippen molar-refractivity contribution in [2.24, 2.45) is 0 Å². The second kappa shape index (κ2) is 3.99. The number of para-hydroxylation sites is 1. The van der Waals surface area contributed by atoms with Crippen molar-refractivity contribution >= 4 is 22.8 Å². The SMILES string of the molecule is Cc1nc(NC(=O)c2coc3ccccc23)n[nH]1. The molecule has 6 heteroatoms. The summed E-state index contributed by atoms with van der Waals surface area (Å²) in [7, 11) is 0. The van der Waals surface area contributed by atoms with Crippen LogP contribution in [0, 0.1) is 6.92 Å². The number of aromatic amines is 1. The summed E-state index contributed by atoms with van der Waals surface area (Å²) in [5.74, 6) is 0.601. The number of nitrogens with one attached hydrogen (secondary N) is 2. The van der Waals surface area contributed by atoms with Gasteiger partial charge in [0.25, 0.3) is 5.91 Å². The predicted octanol–water partition coefficient (Wildman–Crippen LogP) is 2.11. The summed E-state index contributed by atoms with van der Waals surface area (Å²) in [5, 5.41) is 9.88. The molecule has 1 amide bonds. The first-order chi connectivity index (χ1) is 8.74. The Labute approximate surface area is 102 Å². The van der Waals surface area contributed by atoms with Crippen molar-refractivity contribution in [3.05, 3.63) is 41.9 Å². The molecule has 0 aliphatic rings. The number of rotatable bonds is 2. The fourth-order valence-corrected chi connectivity index (χ4v) is 1.72. The molecular weight excluding hydrogens is 232 g/mol. The van der Waals surface area contributed by atoms with Gasteiger partial charge in [0.05, 0.1) is 5.56 Å². The predicted molar refractivity (Wildman–Crippen MR) is 65.3 cm³/mol. The second-order valence-electron chi connectivity index (χ2n) is 3.84. The van der Waals surface area contributed by atoms with Crippen LogP contribution in [-0.2, 0) is 0 Å². The first-order valence-electron chi connectivity index (χ1n) is 5.40. The lowest BCUT2D eigenvalue weighted by atomic mass is 10.2. The summed E-state index contributed by atoms with van der Waals surface area (Å²) in [6.07, 6.45) is 1.43. The van der Waals surface area contributed by atoms with Gasteiger partial charge in [-0.25, -0.2) is 0 Å². The first-order valence-corrected chi connectivity index (χ1v) is 5.40. The van der Waals surface area contributed by atoms with Crippen LogP contribution in [0.1, 0.15) is 16.2 Å². The van der Waals surface area contributed by atoms with Crippen LogP contribution in [0.15, 0.2) is 34.9 Å². The lowest BCUT2D eigenvalue weighted by Gasteiger charge is -1.97. The van der Waals surface area contributed by atoms with Crippen LogP contribution in [0.3, 0.4) is 0 Å². The number of anilines is 1. The Morgan fingerprint density at radius 3 is 3.00 bits per heavy atom. The number of benzene rings is 1. The molecule has 6 nitrogen and oxygen atoms in total. The third kappa shape index (κ3) is 1.73. The van der Waals surface area contributed by atoms with Crippen molar-refractivity contribution in [2.75, 3.05) is 5.32 Å². The molecule has 1 aromatic carbocycles. The number of H-pyrrole nitrogens is 1. The Kier molecular flexibility index (Phi) is 2.33. The van der Waals surface area contributed by atoms with E-state index in [1.807, 2.05) is 24.3 Å². The molecule has 0 fully saturated rings. The number of hydrogen-bond acceptors (Lipinski definition) is 4. The maximum atomic E-state index is 12.0. The molecule has 3 rings (SSSR count). The van der Waals surface area contributed by atoms with E-state index in [1.54, 1.807) is 6.92 Å². The van der Waals surface area contributed by atoms with Gasteiger partial charge in [0.1, 0.15) is 17.7 Å². The maximum absolute atomic E-state index is 12.0. The normalized spacial score (nSPS) is 10.7. The number of carbonyl (C=O) groups is 1. The Bertz CT molecular complexity index is 714. The molecule has 3 aromatic rings. The molecule has 0 unspecified atom stereocenters. The maximum Gasteiger partial charge on any atom is 0.261 e. The number of furan rings is 1. The van der Waals surface area contributed by atoms with Crippen molar-refractivity contribution in [3.63, 3.8) is 0 Å². The molecule has 2 heterocycles.